The van der Waals surface area contributed by atoms with E-state index in [-0.39, 0.29) is 35.6 Å². The summed E-state index contributed by atoms with van der Waals surface area (Å²) in [4.78, 5) is 10.2. The second kappa shape index (κ2) is 6.31. The summed E-state index contributed by atoms with van der Waals surface area (Å²) >= 11 is 0. The lowest BCUT2D eigenvalue weighted by Crippen LogP contribution is -2.32. The van der Waals surface area contributed by atoms with Crippen molar-refractivity contribution in [2.75, 3.05) is 13.1 Å². The van der Waals surface area contributed by atoms with Gasteiger partial charge in [-0.2, -0.15) is 4.31 Å². The van der Waals surface area contributed by atoms with Crippen LogP contribution in [-0.4, -0.2) is 36.8 Å². The van der Waals surface area contributed by atoms with E-state index in [0.29, 0.717) is 0 Å². The lowest BCUT2D eigenvalue weighted by molar-refractivity contribution is -0.385. The van der Waals surface area contributed by atoms with E-state index in [1.165, 1.54) is 22.5 Å². The molecule has 126 valence electrons. The van der Waals surface area contributed by atoms with Gasteiger partial charge in [-0.05, 0) is 11.6 Å². The van der Waals surface area contributed by atoms with Crippen molar-refractivity contribution in [1.82, 2.24) is 4.31 Å². The van der Waals surface area contributed by atoms with Gasteiger partial charge in [0.25, 0.3) is 5.69 Å². The molecule has 0 amide bonds. The summed E-state index contributed by atoms with van der Waals surface area (Å²) in [7, 11) is -3.82. The molecule has 7 nitrogen and oxygen atoms in total. The van der Waals surface area contributed by atoms with E-state index in [1.54, 1.807) is 0 Å². The highest BCUT2D eigenvalue weighted by molar-refractivity contribution is 7.89. The highest BCUT2D eigenvalue weighted by Gasteiger charge is 2.38. The molecule has 2 N–H and O–H groups in total. The molecular formula is C16H17N3O4S. The molecule has 1 saturated heterocycles. The number of benzene rings is 2. The molecule has 0 aromatic heterocycles. The van der Waals surface area contributed by atoms with E-state index in [0.717, 1.165) is 11.6 Å². The predicted octanol–water partition coefficient (Wildman–Crippen LogP) is 1.71. The average molecular weight is 347 g/mol. The lowest BCUT2D eigenvalue weighted by Gasteiger charge is -2.16. The quantitative estimate of drug-likeness (QED) is 0.669. The highest BCUT2D eigenvalue weighted by atomic mass is 32.2. The van der Waals surface area contributed by atoms with Crippen molar-refractivity contribution in [3.8, 4) is 0 Å². The van der Waals surface area contributed by atoms with Crippen molar-refractivity contribution < 1.29 is 13.3 Å². The van der Waals surface area contributed by atoms with E-state index in [1.807, 2.05) is 30.3 Å². The summed E-state index contributed by atoms with van der Waals surface area (Å²) in [5.41, 5.74) is 6.88. The van der Waals surface area contributed by atoms with Crippen LogP contribution in [0.5, 0.6) is 0 Å². The second-order valence-electron chi connectivity index (χ2n) is 5.76. The largest absolute Gasteiger partial charge is 0.326 e. The number of non-ortho nitro benzene ring substituents is 1. The molecule has 1 fully saturated rings. The molecule has 0 aliphatic carbocycles. The van der Waals surface area contributed by atoms with Crippen LogP contribution in [0.4, 0.5) is 5.69 Å². The molecule has 1 aliphatic rings. The van der Waals surface area contributed by atoms with Gasteiger partial charge in [0, 0.05) is 37.2 Å². The Morgan fingerprint density at radius 2 is 1.79 bits per heavy atom. The molecule has 24 heavy (non-hydrogen) atoms. The summed E-state index contributed by atoms with van der Waals surface area (Å²) in [5, 5.41) is 10.9. The Bertz CT molecular complexity index is 855. The van der Waals surface area contributed by atoms with Gasteiger partial charge in [0.2, 0.25) is 10.0 Å². The third-order valence-corrected chi connectivity index (χ3v) is 6.05. The van der Waals surface area contributed by atoms with Crippen molar-refractivity contribution in [1.29, 1.82) is 0 Å². The van der Waals surface area contributed by atoms with Crippen LogP contribution in [0.15, 0.2) is 59.5 Å². The number of nitro benzene ring substituents is 1. The molecule has 2 aromatic rings. The Kier molecular flexibility index (Phi) is 4.35. The maximum atomic E-state index is 12.8. The fraction of sp³-hybridized carbons (Fsp3) is 0.250. The minimum absolute atomic E-state index is 0.0855. The molecule has 1 heterocycles. The molecule has 2 atom stereocenters. The molecule has 0 spiro atoms. The first-order chi connectivity index (χ1) is 11.4. The maximum Gasteiger partial charge on any atom is 0.270 e. The van der Waals surface area contributed by atoms with Crippen LogP contribution in [0.25, 0.3) is 0 Å². The van der Waals surface area contributed by atoms with Crippen molar-refractivity contribution in [2.45, 2.75) is 16.9 Å². The monoisotopic (exact) mass is 347 g/mol. The van der Waals surface area contributed by atoms with Crippen molar-refractivity contribution in [3.05, 3.63) is 70.3 Å². The van der Waals surface area contributed by atoms with E-state index in [4.69, 9.17) is 5.73 Å². The Balaban J connectivity index is 1.89. The maximum absolute atomic E-state index is 12.8. The van der Waals surface area contributed by atoms with Crippen LogP contribution >= 0.6 is 0 Å². The summed E-state index contributed by atoms with van der Waals surface area (Å²) < 4.78 is 26.9. The fourth-order valence-corrected chi connectivity index (χ4v) is 4.49. The topological polar surface area (TPSA) is 107 Å². The smallest absolute Gasteiger partial charge is 0.270 e. The van der Waals surface area contributed by atoms with Crippen LogP contribution in [-0.2, 0) is 10.0 Å². The molecule has 8 heteroatoms. The molecule has 0 radical (unpaired) electrons. The SMILES string of the molecule is N[C@@H]1CN(S(=O)(=O)c2cccc([N+](=O)[O-])c2)C[C@H]1c1ccccc1. The third kappa shape index (κ3) is 3.03. The molecule has 0 bridgehead atoms. The van der Waals surface area contributed by atoms with Gasteiger partial charge in [0.05, 0.1) is 9.82 Å². The number of nitrogens with two attached hydrogens (primary N) is 1. The Hall–Kier alpha value is -2.29. The minimum Gasteiger partial charge on any atom is -0.326 e. The van der Waals surface area contributed by atoms with E-state index < -0.39 is 14.9 Å². The summed E-state index contributed by atoms with van der Waals surface area (Å²) in [6.07, 6.45) is 0. The van der Waals surface area contributed by atoms with Crippen LogP contribution in [0, 0.1) is 10.1 Å². The zero-order chi connectivity index (χ0) is 17.3. The number of hydrogen-bond acceptors (Lipinski definition) is 5. The van der Waals surface area contributed by atoms with Crippen molar-refractivity contribution >= 4 is 15.7 Å². The van der Waals surface area contributed by atoms with E-state index in [9.17, 15) is 18.5 Å². The van der Waals surface area contributed by atoms with Crippen LogP contribution in [0.1, 0.15) is 11.5 Å². The van der Waals surface area contributed by atoms with Crippen LogP contribution < -0.4 is 5.73 Å². The van der Waals surface area contributed by atoms with Gasteiger partial charge in [-0.1, -0.05) is 36.4 Å². The summed E-state index contributed by atoms with van der Waals surface area (Å²) in [5.74, 6) is -0.0975. The van der Waals surface area contributed by atoms with E-state index in [2.05, 4.69) is 0 Å². The standard InChI is InChI=1S/C16H17N3O4S/c17-16-11-18(10-15(16)12-5-2-1-3-6-12)24(22,23)14-8-4-7-13(9-14)19(20)21/h1-9,15-16H,10-11,17H2/t15-,16+/m0/s1. The van der Waals surface area contributed by atoms with Crippen LogP contribution in [0.3, 0.4) is 0 Å². The molecule has 0 saturated carbocycles. The average Bonchev–Trinajstić information content (AvgIpc) is 2.98. The molecule has 1 aliphatic heterocycles. The van der Waals surface area contributed by atoms with Gasteiger partial charge >= 0.3 is 0 Å². The molecule has 2 aromatic carbocycles. The number of nitrogens with zero attached hydrogens (tertiary/aromatic N) is 2. The molecule has 3 rings (SSSR count). The Morgan fingerprint density at radius 3 is 2.46 bits per heavy atom. The van der Waals surface area contributed by atoms with Gasteiger partial charge in [0.1, 0.15) is 0 Å². The fourth-order valence-electron chi connectivity index (χ4n) is 2.95. The van der Waals surface area contributed by atoms with Crippen LogP contribution in [0.2, 0.25) is 0 Å². The molecule has 0 unspecified atom stereocenters. The zero-order valence-electron chi connectivity index (χ0n) is 12.8. The van der Waals surface area contributed by atoms with Gasteiger partial charge in [0.15, 0.2) is 0 Å². The molecular weight excluding hydrogens is 330 g/mol. The number of nitro groups is 1. The normalized spacial score (nSPS) is 21.7. The number of rotatable bonds is 4. The van der Waals surface area contributed by atoms with Gasteiger partial charge in [-0.25, -0.2) is 8.42 Å². The lowest BCUT2D eigenvalue weighted by atomic mass is 9.95. The first kappa shape index (κ1) is 16.6. The van der Waals surface area contributed by atoms with Crippen molar-refractivity contribution in [3.63, 3.8) is 0 Å². The third-order valence-electron chi connectivity index (χ3n) is 4.23. The van der Waals surface area contributed by atoms with Gasteiger partial charge in [-0.15, -0.1) is 0 Å². The van der Waals surface area contributed by atoms with Crippen molar-refractivity contribution in [2.24, 2.45) is 5.73 Å². The Labute approximate surface area is 139 Å². The highest BCUT2D eigenvalue weighted by Crippen LogP contribution is 2.31. The second-order valence-corrected chi connectivity index (χ2v) is 7.70. The van der Waals surface area contributed by atoms with Gasteiger partial charge < -0.3 is 5.73 Å². The van der Waals surface area contributed by atoms with E-state index >= 15 is 0 Å². The minimum atomic E-state index is -3.82. The summed E-state index contributed by atoms with van der Waals surface area (Å²) in [6.45, 7) is 0.445. The predicted molar refractivity (Wildman–Crippen MR) is 89.0 cm³/mol. The van der Waals surface area contributed by atoms with Gasteiger partial charge in [-0.3, -0.25) is 10.1 Å². The number of hydrogen-bond donors (Lipinski definition) is 1. The Morgan fingerprint density at radius 1 is 1.08 bits per heavy atom. The first-order valence-electron chi connectivity index (χ1n) is 7.45. The zero-order valence-corrected chi connectivity index (χ0v) is 13.6. The first-order valence-corrected chi connectivity index (χ1v) is 8.89. The summed E-state index contributed by atoms with van der Waals surface area (Å²) in [6, 6.07) is 14.3. The number of sulfonamides is 1.